The van der Waals surface area contributed by atoms with Crippen molar-refractivity contribution in [2.45, 2.75) is 57.0 Å². The van der Waals surface area contributed by atoms with Crippen molar-refractivity contribution in [3.8, 4) is 0 Å². The Morgan fingerprint density at radius 3 is 1.19 bits per heavy atom. The predicted octanol–water partition coefficient (Wildman–Crippen LogP) is -3.58. The number of carbonyl (C=O) groups excluding carboxylic acids is 6. The van der Waals surface area contributed by atoms with Gasteiger partial charge in [0.2, 0.25) is 22.6 Å². The van der Waals surface area contributed by atoms with Gasteiger partial charge in [-0.3, -0.25) is 28.8 Å². The lowest BCUT2D eigenvalue weighted by Crippen LogP contribution is -2.82. The van der Waals surface area contributed by atoms with E-state index in [0.717, 1.165) is 0 Å². The minimum Gasteiger partial charge on any atom is -0.393 e. The molecule has 27 heavy (non-hydrogen) atoms. The fourth-order valence-corrected chi connectivity index (χ4v) is 2.73. The molecular weight excluding hydrogens is 368 g/mol. The van der Waals surface area contributed by atoms with Gasteiger partial charge in [0, 0.05) is 0 Å². The zero-order valence-corrected chi connectivity index (χ0v) is 15.4. The van der Waals surface area contributed by atoms with Gasteiger partial charge in [-0.15, -0.1) is 0 Å². The van der Waals surface area contributed by atoms with E-state index >= 15 is 0 Å². The van der Waals surface area contributed by atoms with Gasteiger partial charge in [-0.25, -0.2) is 0 Å². The van der Waals surface area contributed by atoms with Crippen LogP contribution >= 0.6 is 0 Å². The summed E-state index contributed by atoms with van der Waals surface area (Å²) in [4.78, 5) is 72.2. The highest BCUT2D eigenvalue weighted by Gasteiger charge is 2.75. The number of hydrogen-bond acceptors (Lipinski definition) is 11. The van der Waals surface area contributed by atoms with Gasteiger partial charge < -0.3 is 25.5 Å². The number of aliphatic hydroxyl groups excluding tert-OH is 1. The van der Waals surface area contributed by atoms with Crippen LogP contribution in [0.15, 0.2) is 0 Å². The first-order chi connectivity index (χ1) is 11.9. The molecule has 0 aliphatic carbocycles. The van der Waals surface area contributed by atoms with E-state index in [4.69, 9.17) is 0 Å². The molecule has 0 radical (unpaired) electrons. The van der Waals surface area contributed by atoms with Crippen LogP contribution in [0.5, 0.6) is 0 Å². The highest BCUT2D eigenvalue weighted by Crippen LogP contribution is 2.39. The number of aliphatic hydroxyl groups is 5. The number of ketones is 6. The van der Waals surface area contributed by atoms with Crippen molar-refractivity contribution < 1.29 is 54.3 Å². The summed E-state index contributed by atoms with van der Waals surface area (Å²) in [6, 6.07) is 0. The molecule has 0 saturated heterocycles. The molecule has 11 nitrogen and oxygen atoms in total. The van der Waals surface area contributed by atoms with Gasteiger partial charge in [0.1, 0.15) is 0 Å². The lowest BCUT2D eigenvalue weighted by atomic mass is 9.61. The smallest absolute Gasteiger partial charge is 0.243 e. The summed E-state index contributed by atoms with van der Waals surface area (Å²) >= 11 is 0. The van der Waals surface area contributed by atoms with Gasteiger partial charge in [0.25, 0.3) is 0 Å². The molecule has 11 heteroatoms. The summed E-state index contributed by atoms with van der Waals surface area (Å²) in [5.41, 5.74) is -15.5. The van der Waals surface area contributed by atoms with Crippen molar-refractivity contribution in [2.24, 2.45) is 0 Å². The van der Waals surface area contributed by atoms with Gasteiger partial charge in [-0.2, -0.15) is 0 Å². The SMILES string of the molecule is CC(=O)C(O)(C(C)=O)C(=O)[C@](O)(C(C)=O)[C@@](O)(C(C)=O)[C@](O)(CO)C(C)=O. The predicted molar refractivity (Wildman–Crippen MR) is 85.3 cm³/mol. The molecule has 0 saturated carbocycles. The maximum Gasteiger partial charge on any atom is 0.243 e. The third kappa shape index (κ3) is 3.07. The van der Waals surface area contributed by atoms with Crippen molar-refractivity contribution in [1.82, 2.24) is 0 Å². The monoisotopic (exact) mass is 390 g/mol. The topological polar surface area (TPSA) is 204 Å². The van der Waals surface area contributed by atoms with Crippen LogP contribution < -0.4 is 0 Å². The van der Waals surface area contributed by atoms with Crippen molar-refractivity contribution in [3.63, 3.8) is 0 Å². The normalized spacial score (nSPS) is 18.4. The Morgan fingerprint density at radius 1 is 0.630 bits per heavy atom. The maximum atomic E-state index is 12.8. The highest BCUT2D eigenvalue weighted by molar-refractivity contribution is 6.34. The van der Waals surface area contributed by atoms with E-state index in [1.54, 1.807) is 0 Å². The average Bonchev–Trinajstić information content (AvgIpc) is 2.56. The van der Waals surface area contributed by atoms with E-state index in [-0.39, 0.29) is 0 Å². The number of carbonyl (C=O) groups is 6. The molecule has 0 bridgehead atoms. The third-order valence-corrected chi connectivity index (χ3v) is 4.63. The Balaban J connectivity index is 7.35. The van der Waals surface area contributed by atoms with Gasteiger partial charge in [-0.05, 0) is 34.6 Å². The molecule has 0 aliphatic rings. The van der Waals surface area contributed by atoms with Crippen molar-refractivity contribution in [1.29, 1.82) is 0 Å². The number of rotatable bonds is 10. The standard InChI is InChI=1S/C16H22O11/c1-7(18)13(24,6-17)16(27,11(5)22)15(26,10(4)21)12(23)14(25,8(2)19)9(3)20/h17,24-27H,6H2,1-5H3/t13-,15+,16+/m0/s1. The highest BCUT2D eigenvalue weighted by atomic mass is 16.4. The largest absolute Gasteiger partial charge is 0.393 e. The van der Waals surface area contributed by atoms with E-state index in [2.05, 4.69) is 0 Å². The first-order valence-electron chi connectivity index (χ1n) is 7.54. The van der Waals surface area contributed by atoms with Crippen LogP contribution in [-0.4, -0.2) is 89.2 Å². The molecule has 0 unspecified atom stereocenters. The summed E-state index contributed by atoms with van der Waals surface area (Å²) in [7, 11) is 0. The zero-order valence-electron chi connectivity index (χ0n) is 15.4. The molecule has 0 aromatic heterocycles. The van der Waals surface area contributed by atoms with Gasteiger partial charge >= 0.3 is 0 Å². The summed E-state index contributed by atoms with van der Waals surface area (Å²) < 4.78 is 0. The van der Waals surface area contributed by atoms with Crippen LogP contribution in [0.4, 0.5) is 0 Å². The Labute approximate surface area is 153 Å². The molecule has 0 aliphatic heterocycles. The Kier molecular flexibility index (Phi) is 6.84. The molecule has 0 fully saturated rings. The lowest BCUT2D eigenvalue weighted by molar-refractivity contribution is -0.235. The third-order valence-electron chi connectivity index (χ3n) is 4.63. The minimum absolute atomic E-state index is 0.435. The second kappa shape index (κ2) is 7.44. The second-order valence-electron chi connectivity index (χ2n) is 6.26. The molecule has 0 aromatic rings. The quantitative estimate of drug-likeness (QED) is 0.231. The molecule has 0 aromatic carbocycles. The summed E-state index contributed by atoms with van der Waals surface area (Å²) in [5, 5.41) is 51.5. The lowest BCUT2D eigenvalue weighted by Gasteiger charge is -2.48. The average molecular weight is 390 g/mol. The van der Waals surface area contributed by atoms with E-state index in [9.17, 15) is 54.3 Å². The van der Waals surface area contributed by atoms with E-state index < -0.39 is 63.7 Å². The van der Waals surface area contributed by atoms with E-state index in [0.29, 0.717) is 34.6 Å². The minimum atomic E-state index is -4.14. The van der Waals surface area contributed by atoms with E-state index in [1.807, 2.05) is 0 Å². The molecule has 5 N–H and O–H groups in total. The second-order valence-corrected chi connectivity index (χ2v) is 6.26. The van der Waals surface area contributed by atoms with Crippen LogP contribution in [0, 0.1) is 0 Å². The first-order valence-corrected chi connectivity index (χ1v) is 7.54. The molecule has 0 spiro atoms. The maximum absolute atomic E-state index is 12.8. The Bertz CT molecular complexity index is 710. The summed E-state index contributed by atoms with van der Waals surface area (Å²) in [6.07, 6.45) is 0. The number of Topliss-reactive ketones (excluding diaryl/α,β-unsaturated/α-hetero) is 6. The van der Waals surface area contributed by atoms with Gasteiger partial charge in [-0.1, -0.05) is 0 Å². The van der Waals surface area contributed by atoms with Crippen LogP contribution in [0.2, 0.25) is 0 Å². The first kappa shape index (κ1) is 24.8. The van der Waals surface area contributed by atoms with Crippen molar-refractivity contribution >= 4 is 34.7 Å². The van der Waals surface area contributed by atoms with Crippen molar-refractivity contribution in [3.05, 3.63) is 0 Å². The van der Waals surface area contributed by atoms with Crippen molar-refractivity contribution in [2.75, 3.05) is 6.61 Å². The molecule has 3 atom stereocenters. The van der Waals surface area contributed by atoms with E-state index in [1.165, 1.54) is 0 Å². The van der Waals surface area contributed by atoms with Crippen LogP contribution in [0.3, 0.4) is 0 Å². The molecule has 0 heterocycles. The van der Waals surface area contributed by atoms with Gasteiger partial charge in [0.05, 0.1) is 6.61 Å². The van der Waals surface area contributed by atoms with Crippen LogP contribution in [0.25, 0.3) is 0 Å². The number of hydrogen-bond donors (Lipinski definition) is 5. The molecular formula is C16H22O11. The Morgan fingerprint density at radius 2 is 1.00 bits per heavy atom. The van der Waals surface area contributed by atoms with Gasteiger partial charge in [0.15, 0.2) is 34.5 Å². The summed E-state index contributed by atoms with van der Waals surface area (Å²) in [5.74, 6) is -10.6. The fourth-order valence-electron chi connectivity index (χ4n) is 2.73. The summed E-state index contributed by atoms with van der Waals surface area (Å²) in [6.45, 7) is 0.832. The van der Waals surface area contributed by atoms with Crippen LogP contribution in [-0.2, 0) is 28.8 Å². The zero-order chi connectivity index (χ0) is 22.2. The molecule has 0 amide bonds. The van der Waals surface area contributed by atoms with Crippen LogP contribution in [0.1, 0.15) is 34.6 Å². The molecule has 152 valence electrons. The fraction of sp³-hybridized carbons (Fsp3) is 0.625. The molecule has 0 rings (SSSR count). The Hall–Kier alpha value is -2.18.